The number of halogens is 2. The Morgan fingerprint density at radius 1 is 1.21 bits per heavy atom. The summed E-state index contributed by atoms with van der Waals surface area (Å²) in [5.41, 5.74) is 7.34. The molecule has 0 saturated heterocycles. The van der Waals surface area contributed by atoms with Crippen molar-refractivity contribution in [3.63, 3.8) is 0 Å². The first-order chi connectivity index (χ1) is 12.6. The van der Waals surface area contributed by atoms with Gasteiger partial charge in [0.15, 0.2) is 0 Å². The highest BCUT2D eigenvalue weighted by atomic mass is 35.5. The van der Waals surface area contributed by atoms with Crippen molar-refractivity contribution in [3.8, 4) is 5.82 Å². The zero-order valence-electron chi connectivity index (χ0n) is 16.1. The first-order valence-corrected chi connectivity index (χ1v) is 9.60. The number of aryl methyl sites for hydroxylation is 1. The third-order valence-electron chi connectivity index (χ3n) is 6.13. The second-order valence-corrected chi connectivity index (χ2v) is 7.78. The first kappa shape index (κ1) is 22.7. The van der Waals surface area contributed by atoms with Gasteiger partial charge in [-0.15, -0.1) is 24.8 Å². The largest absolute Gasteiger partial charge is 0.352 e. The SMILES string of the molecule is Cc1nccn1-c1ccc(CNC(=O)C2CC3CCCC(C2)C3N)cn1.Cl.Cl. The van der Waals surface area contributed by atoms with E-state index >= 15 is 0 Å². The molecular weight excluding hydrogens is 397 g/mol. The van der Waals surface area contributed by atoms with Crippen molar-refractivity contribution in [2.24, 2.45) is 23.5 Å². The van der Waals surface area contributed by atoms with Crippen LogP contribution in [0.5, 0.6) is 0 Å². The summed E-state index contributed by atoms with van der Waals surface area (Å²) in [6, 6.07) is 4.27. The standard InChI is InChI=1S/C20H27N5O.2ClH/c1-13-22-7-8-25(13)18-6-5-14(11-23-18)12-24-20(26)17-9-15-3-2-4-16(10-17)19(15)21;;/h5-8,11,15-17,19H,2-4,9-10,12,21H2,1H3,(H,24,26);2*1H. The van der Waals surface area contributed by atoms with E-state index in [-0.39, 0.29) is 36.6 Å². The molecule has 28 heavy (non-hydrogen) atoms. The molecule has 6 nitrogen and oxygen atoms in total. The molecule has 2 unspecified atom stereocenters. The van der Waals surface area contributed by atoms with Crippen molar-refractivity contribution in [3.05, 3.63) is 42.1 Å². The molecule has 0 aliphatic heterocycles. The number of nitrogens with two attached hydrogens (primary N) is 1. The molecule has 2 aliphatic carbocycles. The minimum Gasteiger partial charge on any atom is -0.352 e. The molecule has 3 N–H and O–H groups in total. The summed E-state index contributed by atoms with van der Waals surface area (Å²) in [6.07, 6.45) is 11.0. The van der Waals surface area contributed by atoms with Crippen molar-refractivity contribution < 1.29 is 4.79 Å². The Morgan fingerprint density at radius 2 is 1.93 bits per heavy atom. The van der Waals surface area contributed by atoms with Gasteiger partial charge in [-0.3, -0.25) is 9.36 Å². The zero-order valence-corrected chi connectivity index (χ0v) is 17.7. The average molecular weight is 426 g/mol. The number of pyridine rings is 1. The van der Waals surface area contributed by atoms with Gasteiger partial charge in [-0.25, -0.2) is 9.97 Å². The van der Waals surface area contributed by atoms with Crippen LogP contribution in [0.15, 0.2) is 30.7 Å². The van der Waals surface area contributed by atoms with Crippen LogP contribution in [0.1, 0.15) is 43.5 Å². The van der Waals surface area contributed by atoms with Crippen molar-refractivity contribution in [1.29, 1.82) is 0 Å². The second kappa shape index (κ2) is 9.72. The summed E-state index contributed by atoms with van der Waals surface area (Å²) in [5.74, 6) is 3.08. The molecule has 2 fully saturated rings. The summed E-state index contributed by atoms with van der Waals surface area (Å²) in [5, 5.41) is 3.10. The van der Waals surface area contributed by atoms with Crippen LogP contribution in [0.4, 0.5) is 0 Å². The van der Waals surface area contributed by atoms with E-state index in [9.17, 15) is 4.79 Å². The van der Waals surface area contributed by atoms with Gasteiger partial charge in [0.05, 0.1) is 0 Å². The number of hydrogen-bond donors (Lipinski definition) is 2. The Hall–Kier alpha value is -1.63. The van der Waals surface area contributed by atoms with Crippen LogP contribution in [-0.2, 0) is 11.3 Å². The summed E-state index contributed by atoms with van der Waals surface area (Å²) >= 11 is 0. The second-order valence-electron chi connectivity index (χ2n) is 7.78. The van der Waals surface area contributed by atoms with Crippen LogP contribution in [-0.4, -0.2) is 26.5 Å². The smallest absolute Gasteiger partial charge is 0.223 e. The maximum absolute atomic E-state index is 12.6. The van der Waals surface area contributed by atoms with Crippen molar-refractivity contribution >= 4 is 30.7 Å². The van der Waals surface area contributed by atoms with Gasteiger partial charge in [-0.05, 0) is 56.1 Å². The summed E-state index contributed by atoms with van der Waals surface area (Å²) in [4.78, 5) is 21.3. The Bertz CT molecular complexity index is 765. The molecule has 2 aliphatic rings. The van der Waals surface area contributed by atoms with E-state index in [1.807, 2.05) is 36.0 Å². The molecule has 2 atom stereocenters. The molecule has 0 radical (unpaired) electrons. The monoisotopic (exact) mass is 425 g/mol. The first-order valence-electron chi connectivity index (χ1n) is 9.60. The number of hydrogen-bond acceptors (Lipinski definition) is 4. The van der Waals surface area contributed by atoms with Crippen molar-refractivity contribution in [2.75, 3.05) is 0 Å². The van der Waals surface area contributed by atoms with E-state index in [0.29, 0.717) is 24.4 Å². The molecule has 2 aromatic rings. The van der Waals surface area contributed by atoms with Crippen molar-refractivity contribution in [2.45, 2.75) is 51.6 Å². The van der Waals surface area contributed by atoms with Gasteiger partial charge in [0, 0.05) is 37.1 Å². The van der Waals surface area contributed by atoms with Crippen LogP contribution in [0.3, 0.4) is 0 Å². The lowest BCUT2D eigenvalue weighted by Gasteiger charge is -2.43. The number of nitrogens with one attached hydrogen (secondary N) is 1. The van der Waals surface area contributed by atoms with Gasteiger partial charge in [-0.1, -0.05) is 12.5 Å². The van der Waals surface area contributed by atoms with Gasteiger partial charge in [-0.2, -0.15) is 0 Å². The molecule has 2 aromatic heterocycles. The van der Waals surface area contributed by atoms with E-state index in [1.54, 1.807) is 6.20 Å². The maximum atomic E-state index is 12.6. The lowest BCUT2D eigenvalue weighted by molar-refractivity contribution is -0.128. The van der Waals surface area contributed by atoms with E-state index in [0.717, 1.165) is 30.0 Å². The van der Waals surface area contributed by atoms with Gasteiger partial charge < -0.3 is 11.1 Å². The number of aromatic nitrogens is 3. The summed E-state index contributed by atoms with van der Waals surface area (Å²) in [7, 11) is 0. The fourth-order valence-electron chi connectivity index (χ4n) is 4.62. The van der Waals surface area contributed by atoms with Crippen LogP contribution >= 0.6 is 24.8 Å². The van der Waals surface area contributed by atoms with Gasteiger partial charge in [0.2, 0.25) is 5.91 Å². The Labute approximate surface area is 178 Å². The molecule has 2 bridgehead atoms. The predicted molar refractivity (Wildman–Crippen MR) is 114 cm³/mol. The van der Waals surface area contributed by atoms with E-state index in [4.69, 9.17) is 5.73 Å². The minimum atomic E-state index is 0. The molecule has 0 aromatic carbocycles. The van der Waals surface area contributed by atoms with Crippen LogP contribution in [0.2, 0.25) is 0 Å². The van der Waals surface area contributed by atoms with Crippen LogP contribution in [0, 0.1) is 24.7 Å². The number of nitrogens with zero attached hydrogens (tertiary/aromatic N) is 3. The number of amides is 1. The summed E-state index contributed by atoms with van der Waals surface area (Å²) < 4.78 is 1.94. The lowest BCUT2D eigenvalue weighted by Crippen LogP contribution is -2.49. The third kappa shape index (κ3) is 4.67. The molecule has 2 saturated carbocycles. The van der Waals surface area contributed by atoms with Gasteiger partial charge >= 0.3 is 0 Å². The molecular formula is C20H29Cl2N5O. The molecule has 2 heterocycles. The number of imidazole rings is 1. The Balaban J connectivity index is 0.00000140. The van der Waals surface area contributed by atoms with E-state index in [2.05, 4.69) is 15.3 Å². The highest BCUT2D eigenvalue weighted by Crippen LogP contribution is 2.41. The quantitative estimate of drug-likeness (QED) is 0.787. The fraction of sp³-hybridized carbons (Fsp3) is 0.550. The van der Waals surface area contributed by atoms with Gasteiger partial charge in [0.1, 0.15) is 11.6 Å². The van der Waals surface area contributed by atoms with Crippen molar-refractivity contribution in [1.82, 2.24) is 19.9 Å². The summed E-state index contributed by atoms with van der Waals surface area (Å²) in [6.45, 7) is 2.47. The van der Waals surface area contributed by atoms with Crippen LogP contribution < -0.4 is 11.1 Å². The number of fused-ring (bicyclic) bond motifs is 2. The topological polar surface area (TPSA) is 85.8 Å². The number of carbonyl (C=O) groups excluding carboxylic acids is 1. The number of rotatable bonds is 4. The third-order valence-corrected chi connectivity index (χ3v) is 6.13. The highest BCUT2D eigenvalue weighted by Gasteiger charge is 2.40. The van der Waals surface area contributed by atoms with Gasteiger partial charge in [0.25, 0.3) is 0 Å². The zero-order chi connectivity index (χ0) is 18.1. The number of carbonyl (C=O) groups is 1. The van der Waals surface area contributed by atoms with E-state index < -0.39 is 0 Å². The molecule has 1 amide bonds. The molecule has 4 rings (SSSR count). The molecule has 0 spiro atoms. The molecule has 8 heteroatoms. The Kier molecular flexibility index (Phi) is 7.87. The van der Waals surface area contributed by atoms with E-state index in [1.165, 1.54) is 19.3 Å². The highest BCUT2D eigenvalue weighted by molar-refractivity contribution is 5.85. The average Bonchev–Trinajstić information content (AvgIpc) is 3.06. The minimum absolute atomic E-state index is 0. The van der Waals surface area contributed by atoms with Crippen LogP contribution in [0.25, 0.3) is 5.82 Å². The normalized spacial score (nSPS) is 25.9. The fourth-order valence-corrected chi connectivity index (χ4v) is 4.62. The molecule has 154 valence electrons. The predicted octanol–water partition coefficient (Wildman–Crippen LogP) is 3.19. The maximum Gasteiger partial charge on any atom is 0.223 e. The lowest BCUT2D eigenvalue weighted by atomic mass is 9.65. The Morgan fingerprint density at radius 3 is 2.50 bits per heavy atom.